The van der Waals surface area contributed by atoms with Crippen molar-refractivity contribution in [2.75, 3.05) is 0 Å². The smallest absolute Gasteiger partial charge is 1.00 e. The minimum atomic E-state index is 0. The van der Waals surface area contributed by atoms with Gasteiger partial charge in [0, 0.05) is 0 Å². The van der Waals surface area contributed by atoms with E-state index in [1.165, 1.54) is 75.3 Å². The van der Waals surface area contributed by atoms with Crippen molar-refractivity contribution >= 4 is 17.2 Å². The van der Waals surface area contributed by atoms with Crippen molar-refractivity contribution in [2.45, 2.75) is 58.3 Å². The average molecular weight is 514 g/mol. The molecule has 0 amide bonds. The van der Waals surface area contributed by atoms with Gasteiger partial charge in [0.1, 0.15) is 0 Å². The third-order valence-corrected chi connectivity index (χ3v) is 6.47. The zero-order valence-electron chi connectivity index (χ0n) is 17.7. The summed E-state index contributed by atoms with van der Waals surface area (Å²) in [6, 6.07) is 11.3. The van der Waals surface area contributed by atoms with E-state index in [0.717, 1.165) is 6.42 Å². The van der Waals surface area contributed by atoms with E-state index in [4.69, 9.17) is 0 Å². The summed E-state index contributed by atoms with van der Waals surface area (Å²) in [7, 11) is 0. The number of hydrogen-bond donors (Lipinski definition) is 0. The van der Waals surface area contributed by atoms with Crippen LogP contribution in [0.5, 0.6) is 0 Å². The van der Waals surface area contributed by atoms with Crippen LogP contribution in [0.2, 0.25) is 0 Å². The molecule has 153 valence electrons. The minimum absolute atomic E-state index is 0. The molecule has 0 atom stereocenters. The van der Waals surface area contributed by atoms with E-state index in [-0.39, 0.29) is 51.0 Å². The molecular formula is C27H27Cl2Zr. The first-order valence-corrected chi connectivity index (χ1v) is 10.5. The van der Waals surface area contributed by atoms with Gasteiger partial charge in [0.05, 0.1) is 0 Å². The quantitative estimate of drug-likeness (QED) is 0.409. The topological polar surface area (TPSA) is 0 Å². The molecular weight excluding hydrogens is 486 g/mol. The Balaban J connectivity index is 0.00000107. The number of fused-ring (bicyclic) bond motifs is 2. The monoisotopic (exact) mass is 511 g/mol. The molecule has 1 radical (unpaired) electrons. The van der Waals surface area contributed by atoms with Crippen LogP contribution in [0, 0.1) is 10.4 Å². The van der Waals surface area contributed by atoms with E-state index in [1.54, 1.807) is 5.56 Å². The Morgan fingerprint density at radius 3 is 2.37 bits per heavy atom. The number of hydrogen-bond acceptors (Lipinski definition) is 0. The Hall–Kier alpha value is -0.877. The SMILES string of the molecule is CC(C)=c1c(C2CCCCC2)cc2c(c1C1=CC=CC1)[C-]=c1ccccc1=2.[Cl-].[Cl-].[Zr+3]. The molecule has 3 aliphatic carbocycles. The average Bonchev–Trinajstić information content (AvgIpc) is 3.35. The third kappa shape index (κ3) is 4.36. The zero-order valence-corrected chi connectivity index (χ0v) is 21.7. The van der Waals surface area contributed by atoms with Crippen molar-refractivity contribution < 1.29 is 51.0 Å². The summed E-state index contributed by atoms with van der Waals surface area (Å²) >= 11 is 0. The summed E-state index contributed by atoms with van der Waals surface area (Å²) in [5, 5.41) is 5.52. The normalized spacial score (nSPS) is 16.3. The Bertz CT molecular complexity index is 1190. The van der Waals surface area contributed by atoms with Crippen LogP contribution in [0.3, 0.4) is 0 Å². The van der Waals surface area contributed by atoms with E-state index in [9.17, 15) is 0 Å². The van der Waals surface area contributed by atoms with Gasteiger partial charge >= 0.3 is 26.2 Å². The maximum atomic E-state index is 3.77. The van der Waals surface area contributed by atoms with Gasteiger partial charge in [-0.3, -0.25) is 0 Å². The molecule has 0 aromatic heterocycles. The van der Waals surface area contributed by atoms with Gasteiger partial charge in [-0.1, -0.05) is 84.0 Å². The second-order valence-corrected chi connectivity index (χ2v) is 8.47. The fourth-order valence-corrected chi connectivity index (χ4v) is 5.24. The van der Waals surface area contributed by atoms with Crippen LogP contribution >= 0.6 is 0 Å². The molecule has 2 aromatic carbocycles. The summed E-state index contributed by atoms with van der Waals surface area (Å²) in [4.78, 5) is 0. The van der Waals surface area contributed by atoms with Crippen molar-refractivity contribution in [1.82, 2.24) is 0 Å². The molecule has 3 heteroatoms. The largest absolute Gasteiger partial charge is 3.00 e. The fourth-order valence-electron chi connectivity index (χ4n) is 5.24. The molecule has 0 aliphatic heterocycles. The Morgan fingerprint density at radius 2 is 1.70 bits per heavy atom. The number of allylic oxidation sites excluding steroid dienone is 4. The molecule has 0 spiro atoms. The molecule has 5 rings (SSSR count). The van der Waals surface area contributed by atoms with Gasteiger partial charge in [0.2, 0.25) is 0 Å². The molecule has 0 N–H and O–H groups in total. The van der Waals surface area contributed by atoms with Crippen molar-refractivity contribution in [3.63, 3.8) is 0 Å². The molecule has 30 heavy (non-hydrogen) atoms. The van der Waals surface area contributed by atoms with Crippen LogP contribution < -0.4 is 35.3 Å². The molecule has 0 nitrogen and oxygen atoms in total. The van der Waals surface area contributed by atoms with E-state index in [2.05, 4.69) is 68.5 Å². The number of rotatable bonds is 2. The molecule has 0 heterocycles. The van der Waals surface area contributed by atoms with Crippen LogP contribution in [-0.4, -0.2) is 0 Å². The first-order chi connectivity index (χ1) is 13.2. The maximum Gasteiger partial charge on any atom is 3.00 e. The molecule has 0 bridgehead atoms. The van der Waals surface area contributed by atoms with Crippen LogP contribution in [0.25, 0.3) is 17.2 Å². The summed E-state index contributed by atoms with van der Waals surface area (Å²) in [5.74, 6) is 0.704. The first kappa shape index (κ1) is 25.4. The molecule has 2 aromatic rings. The predicted molar refractivity (Wildman–Crippen MR) is 115 cm³/mol. The van der Waals surface area contributed by atoms with Crippen LogP contribution in [0.1, 0.15) is 75.0 Å². The van der Waals surface area contributed by atoms with Crippen LogP contribution in [0.4, 0.5) is 0 Å². The number of benzene rings is 2. The maximum absolute atomic E-state index is 3.77. The minimum Gasteiger partial charge on any atom is -1.00 e. The van der Waals surface area contributed by atoms with Gasteiger partial charge in [0.15, 0.2) is 0 Å². The van der Waals surface area contributed by atoms with E-state index >= 15 is 0 Å². The first-order valence-electron chi connectivity index (χ1n) is 10.5. The van der Waals surface area contributed by atoms with Crippen molar-refractivity contribution in [2.24, 2.45) is 0 Å². The van der Waals surface area contributed by atoms with Gasteiger partial charge in [-0.25, -0.2) is 0 Å². The second-order valence-electron chi connectivity index (χ2n) is 8.47. The molecule has 3 aliphatic rings. The third-order valence-electron chi connectivity index (χ3n) is 6.47. The molecule has 1 saturated carbocycles. The Kier molecular flexibility index (Phi) is 8.99. The van der Waals surface area contributed by atoms with Gasteiger partial charge in [-0.05, 0) is 44.2 Å². The van der Waals surface area contributed by atoms with E-state index < -0.39 is 0 Å². The fraction of sp³-hybridized carbons (Fsp3) is 0.333. The van der Waals surface area contributed by atoms with Crippen molar-refractivity contribution in [3.05, 3.63) is 86.1 Å². The van der Waals surface area contributed by atoms with Crippen molar-refractivity contribution in [3.8, 4) is 0 Å². The van der Waals surface area contributed by atoms with E-state index in [1.807, 2.05) is 0 Å². The summed E-state index contributed by atoms with van der Waals surface area (Å²) < 4.78 is 0. The van der Waals surface area contributed by atoms with E-state index in [0.29, 0.717) is 5.92 Å². The van der Waals surface area contributed by atoms with Gasteiger partial charge < -0.3 is 24.8 Å². The van der Waals surface area contributed by atoms with Gasteiger partial charge in [0.25, 0.3) is 0 Å². The van der Waals surface area contributed by atoms with Gasteiger partial charge in [-0.2, -0.15) is 0 Å². The Labute approximate surface area is 211 Å². The molecule has 1 fully saturated rings. The van der Waals surface area contributed by atoms with Crippen molar-refractivity contribution in [1.29, 1.82) is 0 Å². The summed E-state index contributed by atoms with van der Waals surface area (Å²) in [6.07, 6.45) is 18.4. The zero-order chi connectivity index (χ0) is 18.4. The molecule has 0 unspecified atom stereocenters. The Morgan fingerprint density at radius 1 is 0.967 bits per heavy atom. The summed E-state index contributed by atoms with van der Waals surface area (Å²) in [6.45, 7) is 4.59. The van der Waals surface area contributed by atoms with Crippen LogP contribution in [0.15, 0.2) is 48.6 Å². The summed E-state index contributed by atoms with van der Waals surface area (Å²) in [5.41, 5.74) is 7.27. The van der Waals surface area contributed by atoms with Gasteiger partial charge in [-0.15, -0.1) is 33.4 Å². The van der Waals surface area contributed by atoms with Crippen LogP contribution in [-0.2, 0) is 26.2 Å². The number of halogens is 2. The molecule has 0 saturated heterocycles. The second kappa shape index (κ2) is 10.6. The predicted octanol–water partition coefficient (Wildman–Crippen LogP) is -0.420. The standard InChI is InChI=1S/C27H27.2ClH.Zr/c1-18(2)26-23(19-10-4-3-5-11-19)17-24-22-15-9-8-14-21(22)16-25(24)27(26)20-12-6-7-13-20;;;/h6-9,12,14-15,17,19H,3-5,10-11,13H2,1-2H3;2*1H;/q-1;;;+3/p-2.